The average molecular weight is 257 g/mol. The largest absolute Gasteiger partial charge is 0.466 e. The summed E-state index contributed by atoms with van der Waals surface area (Å²) < 4.78 is 4.87. The third-order valence-electron chi connectivity index (χ3n) is 1.84. The minimum Gasteiger partial charge on any atom is -0.466 e. The molecule has 0 radical (unpaired) electrons. The topological polar surface area (TPSA) is 26.3 Å². The molecular formula is C11H13BrO2. The Hall–Kier alpha value is -0.830. The molecule has 2 nitrogen and oxygen atoms in total. The fraction of sp³-hybridized carbons (Fsp3) is 0.364. The lowest BCUT2D eigenvalue weighted by Crippen LogP contribution is -2.03. The number of carbonyl (C=O) groups is 1. The first kappa shape index (κ1) is 11.2. The van der Waals surface area contributed by atoms with E-state index in [1.165, 1.54) is 18.1 Å². The van der Waals surface area contributed by atoms with Crippen molar-refractivity contribution in [3.63, 3.8) is 0 Å². The van der Waals surface area contributed by atoms with Crippen LogP contribution in [0.5, 0.6) is 0 Å². The van der Waals surface area contributed by atoms with E-state index in [2.05, 4.69) is 28.1 Å². The summed E-state index contributed by atoms with van der Waals surface area (Å²) in [5.74, 6) is -0.221. The van der Waals surface area contributed by atoms with Crippen molar-refractivity contribution in [1.82, 2.24) is 0 Å². The molecule has 14 heavy (non-hydrogen) atoms. The molecule has 0 aromatic heterocycles. The zero-order chi connectivity index (χ0) is 10.4. The van der Waals surface area contributed by atoms with Crippen LogP contribution in [-0.2, 0) is 21.3 Å². The number of hydrogen-bond donors (Lipinski definition) is 0. The molecule has 0 aliphatic carbocycles. The van der Waals surface area contributed by atoms with Crippen LogP contribution in [0.1, 0.15) is 18.1 Å². The molecule has 0 spiro atoms. The number of benzene rings is 1. The minimum absolute atomic E-state index is 0.221. The maximum absolute atomic E-state index is 10.5. The lowest BCUT2D eigenvalue weighted by atomic mass is 10.1. The Morgan fingerprint density at radius 3 is 2.79 bits per heavy atom. The molecule has 1 aromatic carbocycles. The standard InChI is InChI=1S/C11H13BrO2/c1-9(13)14-6-5-10-3-2-4-11(7-10)8-12/h2-4,7H,5-6,8H2,1H3. The van der Waals surface area contributed by atoms with Gasteiger partial charge in [0, 0.05) is 18.7 Å². The van der Waals surface area contributed by atoms with E-state index in [1.54, 1.807) is 0 Å². The Bertz CT molecular complexity index is 310. The van der Waals surface area contributed by atoms with Crippen molar-refractivity contribution in [2.24, 2.45) is 0 Å². The fourth-order valence-corrected chi connectivity index (χ4v) is 1.53. The normalized spacial score (nSPS) is 9.86. The van der Waals surface area contributed by atoms with Crippen LogP contribution in [0.2, 0.25) is 0 Å². The Morgan fingerprint density at radius 2 is 2.14 bits per heavy atom. The van der Waals surface area contributed by atoms with Crippen molar-refractivity contribution in [3.8, 4) is 0 Å². The molecule has 0 unspecified atom stereocenters. The van der Waals surface area contributed by atoms with Gasteiger partial charge < -0.3 is 4.74 Å². The SMILES string of the molecule is CC(=O)OCCc1cccc(CBr)c1. The van der Waals surface area contributed by atoms with Gasteiger partial charge in [-0.1, -0.05) is 40.2 Å². The molecule has 76 valence electrons. The van der Waals surface area contributed by atoms with Crippen LogP contribution in [0.3, 0.4) is 0 Å². The van der Waals surface area contributed by atoms with Crippen molar-refractivity contribution in [2.75, 3.05) is 6.61 Å². The number of hydrogen-bond acceptors (Lipinski definition) is 2. The zero-order valence-corrected chi connectivity index (χ0v) is 9.71. The van der Waals surface area contributed by atoms with Crippen molar-refractivity contribution in [3.05, 3.63) is 35.4 Å². The maximum atomic E-state index is 10.5. The molecule has 0 saturated heterocycles. The number of esters is 1. The maximum Gasteiger partial charge on any atom is 0.302 e. The molecule has 0 aliphatic rings. The lowest BCUT2D eigenvalue weighted by molar-refractivity contribution is -0.140. The highest BCUT2D eigenvalue weighted by Gasteiger charge is 1.97. The van der Waals surface area contributed by atoms with Gasteiger partial charge in [-0.05, 0) is 11.1 Å². The van der Waals surface area contributed by atoms with E-state index >= 15 is 0 Å². The molecule has 1 aromatic rings. The number of halogens is 1. The van der Waals surface area contributed by atoms with E-state index in [0.717, 1.165) is 11.8 Å². The van der Waals surface area contributed by atoms with E-state index in [4.69, 9.17) is 4.74 Å². The van der Waals surface area contributed by atoms with Gasteiger partial charge in [0.2, 0.25) is 0 Å². The summed E-state index contributed by atoms with van der Waals surface area (Å²) in [5.41, 5.74) is 2.44. The van der Waals surface area contributed by atoms with Crippen LogP contribution in [0.25, 0.3) is 0 Å². The van der Waals surface area contributed by atoms with Gasteiger partial charge >= 0.3 is 5.97 Å². The molecule has 0 amide bonds. The molecule has 0 atom stereocenters. The highest BCUT2D eigenvalue weighted by molar-refractivity contribution is 9.08. The van der Waals surface area contributed by atoms with Crippen molar-refractivity contribution < 1.29 is 9.53 Å². The summed E-state index contributed by atoms with van der Waals surface area (Å²) in [5, 5.41) is 0.856. The summed E-state index contributed by atoms with van der Waals surface area (Å²) in [6.07, 6.45) is 0.778. The predicted octanol–water partition coefficient (Wildman–Crippen LogP) is 2.69. The molecule has 3 heteroatoms. The quantitative estimate of drug-likeness (QED) is 0.612. The molecule has 0 bridgehead atoms. The van der Waals surface area contributed by atoms with Crippen LogP contribution >= 0.6 is 15.9 Å². The smallest absolute Gasteiger partial charge is 0.302 e. The van der Waals surface area contributed by atoms with Crippen molar-refractivity contribution in [2.45, 2.75) is 18.7 Å². The molecule has 0 saturated carbocycles. The van der Waals surface area contributed by atoms with Crippen LogP contribution in [0, 0.1) is 0 Å². The highest BCUT2D eigenvalue weighted by atomic mass is 79.9. The number of ether oxygens (including phenoxy) is 1. The Kier molecular flexibility index (Phi) is 4.66. The van der Waals surface area contributed by atoms with Crippen molar-refractivity contribution >= 4 is 21.9 Å². The Balaban J connectivity index is 2.46. The van der Waals surface area contributed by atoms with E-state index in [9.17, 15) is 4.79 Å². The van der Waals surface area contributed by atoms with Gasteiger partial charge in [0.25, 0.3) is 0 Å². The van der Waals surface area contributed by atoms with Crippen LogP contribution in [0.4, 0.5) is 0 Å². The molecular weight excluding hydrogens is 244 g/mol. The van der Waals surface area contributed by atoms with Gasteiger partial charge in [0.15, 0.2) is 0 Å². The summed E-state index contributed by atoms with van der Waals surface area (Å²) in [7, 11) is 0. The summed E-state index contributed by atoms with van der Waals surface area (Å²) >= 11 is 3.40. The van der Waals surface area contributed by atoms with Gasteiger partial charge in [-0.15, -0.1) is 0 Å². The van der Waals surface area contributed by atoms with Gasteiger partial charge in [0.1, 0.15) is 0 Å². The summed E-state index contributed by atoms with van der Waals surface area (Å²) in [4.78, 5) is 10.5. The Morgan fingerprint density at radius 1 is 1.43 bits per heavy atom. The number of rotatable bonds is 4. The molecule has 0 heterocycles. The highest BCUT2D eigenvalue weighted by Crippen LogP contribution is 2.09. The molecule has 0 N–H and O–H groups in total. The monoisotopic (exact) mass is 256 g/mol. The van der Waals surface area contributed by atoms with E-state index in [1.807, 2.05) is 12.1 Å². The van der Waals surface area contributed by atoms with E-state index in [-0.39, 0.29) is 5.97 Å². The lowest BCUT2D eigenvalue weighted by Gasteiger charge is -2.03. The fourth-order valence-electron chi connectivity index (χ4n) is 1.18. The first-order valence-corrected chi connectivity index (χ1v) is 5.61. The second kappa shape index (κ2) is 5.81. The average Bonchev–Trinajstić information content (AvgIpc) is 2.18. The summed E-state index contributed by atoms with van der Waals surface area (Å²) in [6, 6.07) is 8.22. The first-order chi connectivity index (χ1) is 6.72. The third-order valence-corrected chi connectivity index (χ3v) is 2.49. The first-order valence-electron chi connectivity index (χ1n) is 4.49. The van der Waals surface area contributed by atoms with Gasteiger partial charge in [-0.25, -0.2) is 0 Å². The van der Waals surface area contributed by atoms with E-state index in [0.29, 0.717) is 6.61 Å². The molecule has 0 fully saturated rings. The third kappa shape index (κ3) is 3.92. The zero-order valence-electron chi connectivity index (χ0n) is 8.13. The summed E-state index contributed by atoms with van der Waals surface area (Å²) in [6.45, 7) is 1.88. The minimum atomic E-state index is -0.221. The second-order valence-electron chi connectivity index (χ2n) is 3.04. The Labute approximate surface area is 92.4 Å². The molecule has 1 rings (SSSR count). The van der Waals surface area contributed by atoms with Crippen LogP contribution in [0.15, 0.2) is 24.3 Å². The van der Waals surface area contributed by atoms with Crippen LogP contribution < -0.4 is 0 Å². The van der Waals surface area contributed by atoms with E-state index < -0.39 is 0 Å². The van der Waals surface area contributed by atoms with Gasteiger partial charge in [0.05, 0.1) is 6.61 Å². The second-order valence-corrected chi connectivity index (χ2v) is 3.60. The van der Waals surface area contributed by atoms with Crippen molar-refractivity contribution in [1.29, 1.82) is 0 Å². The number of carbonyl (C=O) groups excluding carboxylic acids is 1. The van der Waals surface area contributed by atoms with Gasteiger partial charge in [-0.3, -0.25) is 4.79 Å². The predicted molar refractivity (Wildman–Crippen MR) is 59.4 cm³/mol. The van der Waals surface area contributed by atoms with Gasteiger partial charge in [-0.2, -0.15) is 0 Å². The molecule has 0 aliphatic heterocycles. The number of alkyl halides is 1. The van der Waals surface area contributed by atoms with Crippen LogP contribution in [-0.4, -0.2) is 12.6 Å².